The Morgan fingerprint density at radius 2 is 1.84 bits per heavy atom. The van der Waals surface area contributed by atoms with Gasteiger partial charge in [-0.3, -0.25) is 14.9 Å². The van der Waals surface area contributed by atoms with Gasteiger partial charge < -0.3 is 10.4 Å². The zero-order valence-electron chi connectivity index (χ0n) is 13.8. The molecule has 1 aromatic heterocycles. The third kappa shape index (κ3) is 4.40. The smallest absolute Gasteiger partial charge is 0.357 e. The van der Waals surface area contributed by atoms with Crippen LogP contribution in [0.15, 0.2) is 29.1 Å². The molecule has 0 aliphatic rings. The summed E-state index contributed by atoms with van der Waals surface area (Å²) in [5.74, 6) is -1.88. The molecule has 0 fully saturated rings. The molecule has 0 radical (unpaired) electrons. The molecule has 0 atom stereocenters. The molecule has 3 amide bonds. The van der Waals surface area contributed by atoms with Crippen molar-refractivity contribution in [3.8, 4) is 0 Å². The monoisotopic (exact) mass is 346 g/mol. The second kappa shape index (κ2) is 7.56. The number of carboxylic acid groups (broad SMARTS) is 1. The summed E-state index contributed by atoms with van der Waals surface area (Å²) in [6.45, 7) is 3.61. The lowest BCUT2D eigenvalue weighted by Gasteiger charge is -2.10. The van der Waals surface area contributed by atoms with E-state index >= 15 is 0 Å². The van der Waals surface area contributed by atoms with E-state index in [1.807, 2.05) is 13.8 Å². The van der Waals surface area contributed by atoms with Gasteiger partial charge in [-0.05, 0) is 12.0 Å². The van der Waals surface area contributed by atoms with E-state index < -0.39 is 30.0 Å². The molecular formula is C16H18N4O5. The van der Waals surface area contributed by atoms with Crippen LogP contribution in [0.2, 0.25) is 0 Å². The Balaban J connectivity index is 2.25. The fourth-order valence-electron chi connectivity index (χ4n) is 2.14. The van der Waals surface area contributed by atoms with Crippen LogP contribution >= 0.6 is 0 Å². The molecule has 0 saturated heterocycles. The van der Waals surface area contributed by atoms with Gasteiger partial charge >= 0.3 is 12.0 Å². The maximum atomic E-state index is 12.4. The molecule has 1 aromatic carbocycles. The van der Waals surface area contributed by atoms with Crippen molar-refractivity contribution in [3.63, 3.8) is 0 Å². The number of amides is 3. The van der Waals surface area contributed by atoms with Gasteiger partial charge in [0, 0.05) is 11.9 Å². The number of imide groups is 1. The van der Waals surface area contributed by atoms with Crippen LogP contribution in [-0.4, -0.2) is 39.3 Å². The Morgan fingerprint density at radius 3 is 2.44 bits per heavy atom. The van der Waals surface area contributed by atoms with Crippen LogP contribution in [0, 0.1) is 5.92 Å². The minimum absolute atomic E-state index is 0.131. The average Bonchev–Trinajstić information content (AvgIpc) is 2.55. The maximum Gasteiger partial charge on any atom is 0.357 e. The molecular weight excluding hydrogens is 328 g/mol. The van der Waals surface area contributed by atoms with Gasteiger partial charge in [0.2, 0.25) is 5.91 Å². The number of carboxylic acids is 1. The predicted octanol–water partition coefficient (Wildman–Crippen LogP) is 0.576. The summed E-state index contributed by atoms with van der Waals surface area (Å²) < 4.78 is 0.733. The molecule has 9 nitrogen and oxygen atoms in total. The first kappa shape index (κ1) is 18.1. The first-order valence-corrected chi connectivity index (χ1v) is 7.60. The third-order valence-electron chi connectivity index (χ3n) is 3.29. The quantitative estimate of drug-likeness (QED) is 0.726. The van der Waals surface area contributed by atoms with Crippen LogP contribution < -0.4 is 16.2 Å². The molecule has 0 aliphatic heterocycles. The minimum Gasteiger partial charge on any atom is -0.476 e. The lowest BCUT2D eigenvalue weighted by Crippen LogP contribution is -2.43. The Labute approximate surface area is 142 Å². The van der Waals surface area contributed by atoms with Crippen molar-refractivity contribution in [1.29, 1.82) is 0 Å². The molecule has 0 spiro atoms. The fourth-order valence-corrected chi connectivity index (χ4v) is 2.14. The number of rotatable bonds is 5. The summed E-state index contributed by atoms with van der Waals surface area (Å²) in [6.07, 6.45) is 0. The molecule has 0 bridgehead atoms. The predicted molar refractivity (Wildman–Crippen MR) is 89.3 cm³/mol. The van der Waals surface area contributed by atoms with Gasteiger partial charge in [-0.15, -0.1) is 0 Å². The van der Waals surface area contributed by atoms with E-state index in [4.69, 9.17) is 0 Å². The van der Waals surface area contributed by atoms with Gasteiger partial charge in [-0.2, -0.15) is 5.10 Å². The topological polar surface area (TPSA) is 130 Å². The number of aromatic nitrogens is 2. The van der Waals surface area contributed by atoms with Crippen molar-refractivity contribution in [1.82, 2.24) is 20.4 Å². The minimum atomic E-state index is -1.32. The second-order valence-electron chi connectivity index (χ2n) is 5.81. The van der Waals surface area contributed by atoms with E-state index in [1.54, 1.807) is 12.1 Å². The molecule has 25 heavy (non-hydrogen) atoms. The standard InChI is InChI=1S/C16H18N4O5/c1-9(2)7-17-16(25)18-12(21)8-20-14(22)11-6-4-3-5-10(11)13(19-20)15(23)24/h3-6,9H,7-8H2,1-2H3,(H,23,24)(H2,17,18,21,25). The molecule has 2 aromatic rings. The number of aromatic carboxylic acids is 1. The highest BCUT2D eigenvalue weighted by atomic mass is 16.4. The molecule has 132 valence electrons. The molecule has 9 heteroatoms. The number of nitrogens with zero attached hydrogens (tertiary/aromatic N) is 2. The Morgan fingerprint density at radius 1 is 1.20 bits per heavy atom. The molecule has 3 N–H and O–H groups in total. The largest absolute Gasteiger partial charge is 0.476 e. The number of nitrogens with one attached hydrogen (secondary N) is 2. The SMILES string of the molecule is CC(C)CNC(=O)NC(=O)Cn1nc(C(=O)O)c2ccccc2c1=O. The van der Waals surface area contributed by atoms with Gasteiger partial charge in [0.15, 0.2) is 5.69 Å². The van der Waals surface area contributed by atoms with E-state index in [2.05, 4.69) is 15.7 Å². The summed E-state index contributed by atoms with van der Waals surface area (Å²) in [5, 5.41) is 17.9. The average molecular weight is 346 g/mol. The van der Waals surface area contributed by atoms with E-state index in [0.29, 0.717) is 6.54 Å². The number of carbonyl (C=O) groups is 3. The van der Waals surface area contributed by atoms with Gasteiger partial charge in [-0.25, -0.2) is 14.3 Å². The first-order chi connectivity index (χ1) is 11.8. The summed E-state index contributed by atoms with van der Waals surface area (Å²) >= 11 is 0. The number of hydrogen-bond acceptors (Lipinski definition) is 5. The molecule has 0 aliphatic carbocycles. The zero-order chi connectivity index (χ0) is 18.6. The number of hydrogen-bond donors (Lipinski definition) is 3. The van der Waals surface area contributed by atoms with Gasteiger partial charge in [0.05, 0.1) is 5.39 Å². The maximum absolute atomic E-state index is 12.4. The van der Waals surface area contributed by atoms with E-state index in [1.165, 1.54) is 12.1 Å². The summed E-state index contributed by atoms with van der Waals surface area (Å²) in [4.78, 5) is 47.2. The Kier molecular flexibility index (Phi) is 5.48. The Hall–Kier alpha value is -3.23. The van der Waals surface area contributed by atoms with Crippen LogP contribution in [-0.2, 0) is 11.3 Å². The lowest BCUT2D eigenvalue weighted by atomic mass is 10.1. The van der Waals surface area contributed by atoms with E-state index in [-0.39, 0.29) is 22.4 Å². The van der Waals surface area contributed by atoms with Crippen LogP contribution in [0.1, 0.15) is 24.3 Å². The number of benzene rings is 1. The Bertz CT molecular complexity index is 888. The number of fused-ring (bicyclic) bond motifs is 1. The summed E-state index contributed by atoms with van der Waals surface area (Å²) in [5.41, 5.74) is -0.953. The second-order valence-corrected chi connectivity index (χ2v) is 5.81. The summed E-state index contributed by atoms with van der Waals surface area (Å²) in [6, 6.07) is 5.41. The highest BCUT2D eigenvalue weighted by Crippen LogP contribution is 2.12. The van der Waals surface area contributed by atoms with Crippen LogP contribution in [0.4, 0.5) is 4.79 Å². The highest BCUT2D eigenvalue weighted by molar-refractivity contribution is 6.01. The van der Waals surface area contributed by atoms with Gasteiger partial charge in [-0.1, -0.05) is 32.0 Å². The molecule has 2 rings (SSSR count). The number of urea groups is 1. The lowest BCUT2D eigenvalue weighted by molar-refractivity contribution is -0.120. The molecule has 1 heterocycles. The van der Waals surface area contributed by atoms with Crippen molar-refractivity contribution >= 4 is 28.7 Å². The fraction of sp³-hybridized carbons (Fsp3) is 0.312. The van der Waals surface area contributed by atoms with Crippen molar-refractivity contribution in [2.24, 2.45) is 5.92 Å². The summed E-state index contributed by atoms with van der Waals surface area (Å²) in [7, 11) is 0. The zero-order valence-corrected chi connectivity index (χ0v) is 13.8. The first-order valence-electron chi connectivity index (χ1n) is 7.60. The van der Waals surface area contributed by atoms with Crippen LogP contribution in [0.25, 0.3) is 10.8 Å². The van der Waals surface area contributed by atoms with Crippen molar-refractivity contribution in [2.45, 2.75) is 20.4 Å². The van der Waals surface area contributed by atoms with Crippen LogP contribution in [0.5, 0.6) is 0 Å². The molecule has 0 saturated carbocycles. The van der Waals surface area contributed by atoms with Crippen LogP contribution in [0.3, 0.4) is 0 Å². The van der Waals surface area contributed by atoms with E-state index in [9.17, 15) is 24.3 Å². The highest BCUT2D eigenvalue weighted by Gasteiger charge is 2.17. The van der Waals surface area contributed by atoms with Crippen molar-refractivity contribution < 1.29 is 19.5 Å². The third-order valence-corrected chi connectivity index (χ3v) is 3.29. The molecule has 0 unspecified atom stereocenters. The van der Waals surface area contributed by atoms with Gasteiger partial charge in [0.1, 0.15) is 6.54 Å². The normalized spacial score (nSPS) is 10.7. The van der Waals surface area contributed by atoms with Gasteiger partial charge in [0.25, 0.3) is 5.56 Å². The van der Waals surface area contributed by atoms with Crippen molar-refractivity contribution in [2.75, 3.05) is 6.54 Å². The van der Waals surface area contributed by atoms with E-state index in [0.717, 1.165) is 4.68 Å². The van der Waals surface area contributed by atoms with Crippen molar-refractivity contribution in [3.05, 3.63) is 40.3 Å². The number of carbonyl (C=O) groups excluding carboxylic acids is 2.